The molecule has 4 rings (SSSR count). The van der Waals surface area contributed by atoms with E-state index in [9.17, 15) is 9.59 Å². The number of nitrogens with zero attached hydrogens (tertiary/aromatic N) is 3. The lowest BCUT2D eigenvalue weighted by molar-refractivity contribution is -0.128. The lowest BCUT2D eigenvalue weighted by atomic mass is 10.1. The molecular weight excluding hydrogens is 398 g/mol. The number of aromatic nitrogens is 2. The van der Waals surface area contributed by atoms with Gasteiger partial charge in [0.1, 0.15) is 5.75 Å². The molecule has 2 aromatic carbocycles. The van der Waals surface area contributed by atoms with E-state index in [1.807, 2.05) is 29.2 Å². The monoisotopic (exact) mass is 421 g/mol. The van der Waals surface area contributed by atoms with Crippen molar-refractivity contribution in [2.45, 2.75) is 32.4 Å². The average Bonchev–Trinajstić information content (AvgIpc) is 3.44. The number of carbonyl (C=O) groups is 2. The topological polar surface area (TPSA) is 94.8 Å². The van der Waals surface area contributed by atoms with E-state index in [1.54, 1.807) is 38.3 Å². The molecule has 3 aromatic rings. The van der Waals surface area contributed by atoms with Crippen molar-refractivity contribution in [3.63, 3.8) is 0 Å². The first-order valence-corrected chi connectivity index (χ1v) is 10.1. The smallest absolute Gasteiger partial charge is 0.338 e. The lowest BCUT2D eigenvalue weighted by Gasteiger charge is -2.15. The molecule has 8 nitrogen and oxygen atoms in total. The SMILES string of the molecule is COc1ccc(-c2nnc([C@H](C)OC(=O)c3ccc(CN4CCCC4=O)cc3)o2)cc1. The van der Waals surface area contributed by atoms with Gasteiger partial charge in [0.25, 0.3) is 5.89 Å². The highest BCUT2D eigenvalue weighted by atomic mass is 16.6. The molecule has 1 amide bonds. The number of rotatable bonds is 7. The van der Waals surface area contributed by atoms with Gasteiger partial charge in [-0.3, -0.25) is 4.79 Å². The van der Waals surface area contributed by atoms with Gasteiger partial charge in [-0.1, -0.05) is 12.1 Å². The summed E-state index contributed by atoms with van der Waals surface area (Å²) in [6, 6.07) is 14.3. The van der Waals surface area contributed by atoms with Crippen LogP contribution in [0.5, 0.6) is 5.75 Å². The predicted molar refractivity (Wildman–Crippen MR) is 111 cm³/mol. The highest BCUT2D eigenvalue weighted by Crippen LogP contribution is 2.25. The number of likely N-dealkylation sites (tertiary alicyclic amines) is 1. The first-order valence-electron chi connectivity index (χ1n) is 10.1. The fourth-order valence-electron chi connectivity index (χ4n) is 3.37. The Labute approximate surface area is 179 Å². The van der Waals surface area contributed by atoms with Crippen LogP contribution in [-0.2, 0) is 16.1 Å². The van der Waals surface area contributed by atoms with Crippen molar-refractivity contribution in [1.82, 2.24) is 15.1 Å². The zero-order valence-corrected chi connectivity index (χ0v) is 17.4. The van der Waals surface area contributed by atoms with Crippen molar-refractivity contribution in [3.05, 3.63) is 65.5 Å². The number of carbonyl (C=O) groups excluding carboxylic acids is 2. The highest BCUT2D eigenvalue weighted by molar-refractivity contribution is 5.89. The Bertz CT molecular complexity index is 1060. The molecule has 1 atom stereocenters. The van der Waals surface area contributed by atoms with Crippen molar-refractivity contribution in [3.8, 4) is 17.2 Å². The number of ether oxygens (including phenoxy) is 2. The third kappa shape index (κ3) is 4.74. The standard InChI is InChI=1S/C23H23N3O5/c1-15(21-24-25-22(31-21)17-9-11-19(29-2)12-10-17)30-23(28)18-7-5-16(6-8-18)14-26-13-3-4-20(26)27/h5-12,15H,3-4,13-14H2,1-2H3/t15-/m0/s1. The van der Waals surface area contributed by atoms with Gasteiger partial charge < -0.3 is 18.8 Å². The second-order valence-corrected chi connectivity index (χ2v) is 7.34. The Morgan fingerprint density at radius 1 is 1.13 bits per heavy atom. The van der Waals surface area contributed by atoms with Crippen LogP contribution in [0, 0.1) is 0 Å². The minimum atomic E-state index is -0.700. The van der Waals surface area contributed by atoms with Gasteiger partial charge in [0.2, 0.25) is 11.8 Å². The Hall–Kier alpha value is -3.68. The summed E-state index contributed by atoms with van der Waals surface area (Å²) in [5.41, 5.74) is 2.13. The predicted octanol–water partition coefficient (Wildman–Crippen LogP) is 3.79. The number of hydrogen-bond acceptors (Lipinski definition) is 7. The molecule has 0 unspecified atom stereocenters. The van der Waals surface area contributed by atoms with E-state index in [0.29, 0.717) is 24.4 Å². The van der Waals surface area contributed by atoms with Gasteiger partial charge >= 0.3 is 5.97 Å². The molecule has 8 heteroatoms. The molecule has 1 saturated heterocycles. The van der Waals surface area contributed by atoms with Crippen LogP contribution >= 0.6 is 0 Å². The van der Waals surface area contributed by atoms with Crippen molar-refractivity contribution in [2.24, 2.45) is 0 Å². The maximum atomic E-state index is 12.5. The number of amides is 1. The second kappa shape index (κ2) is 8.99. The van der Waals surface area contributed by atoms with Gasteiger partial charge in [0.15, 0.2) is 6.10 Å². The van der Waals surface area contributed by atoms with Gasteiger partial charge in [-0.05, 0) is 55.3 Å². The quantitative estimate of drug-likeness (QED) is 0.536. The Morgan fingerprint density at radius 3 is 2.52 bits per heavy atom. The van der Waals surface area contributed by atoms with E-state index < -0.39 is 12.1 Å². The summed E-state index contributed by atoms with van der Waals surface area (Å²) in [4.78, 5) is 26.1. The van der Waals surface area contributed by atoms with Crippen molar-refractivity contribution >= 4 is 11.9 Å². The van der Waals surface area contributed by atoms with Crippen molar-refractivity contribution in [1.29, 1.82) is 0 Å². The first kappa shape index (κ1) is 20.6. The fraction of sp³-hybridized carbons (Fsp3) is 0.304. The summed E-state index contributed by atoms with van der Waals surface area (Å²) in [6.07, 6.45) is 0.809. The zero-order valence-electron chi connectivity index (χ0n) is 17.4. The van der Waals surface area contributed by atoms with Crippen molar-refractivity contribution < 1.29 is 23.5 Å². The van der Waals surface area contributed by atoms with Crippen LogP contribution < -0.4 is 4.74 Å². The molecule has 1 fully saturated rings. The lowest BCUT2D eigenvalue weighted by Crippen LogP contribution is -2.23. The molecule has 1 aliphatic heterocycles. The summed E-state index contributed by atoms with van der Waals surface area (Å²) in [7, 11) is 1.60. The summed E-state index contributed by atoms with van der Waals surface area (Å²) in [5.74, 6) is 0.958. The average molecular weight is 421 g/mol. The normalized spacial score (nSPS) is 14.5. The van der Waals surface area contributed by atoms with Crippen molar-refractivity contribution in [2.75, 3.05) is 13.7 Å². The maximum absolute atomic E-state index is 12.5. The van der Waals surface area contributed by atoms with Crippen LogP contribution in [0.15, 0.2) is 52.9 Å². The molecular formula is C23H23N3O5. The van der Waals surface area contributed by atoms with Gasteiger partial charge in [0.05, 0.1) is 12.7 Å². The molecule has 0 radical (unpaired) electrons. The van der Waals surface area contributed by atoms with E-state index in [1.165, 1.54) is 0 Å². The third-order valence-corrected chi connectivity index (χ3v) is 5.14. The summed E-state index contributed by atoms with van der Waals surface area (Å²) >= 11 is 0. The van der Waals surface area contributed by atoms with E-state index in [2.05, 4.69) is 10.2 Å². The summed E-state index contributed by atoms with van der Waals surface area (Å²) < 4.78 is 16.3. The van der Waals surface area contributed by atoms with Gasteiger partial charge in [0, 0.05) is 25.1 Å². The Morgan fingerprint density at radius 2 is 1.87 bits per heavy atom. The fourth-order valence-corrected chi connectivity index (χ4v) is 3.37. The van der Waals surface area contributed by atoms with Crippen LogP contribution in [0.2, 0.25) is 0 Å². The second-order valence-electron chi connectivity index (χ2n) is 7.34. The number of methoxy groups -OCH3 is 1. The molecule has 160 valence electrons. The van der Waals surface area contributed by atoms with Gasteiger partial charge in [-0.2, -0.15) is 0 Å². The number of hydrogen-bond donors (Lipinski definition) is 0. The minimum absolute atomic E-state index is 0.172. The van der Waals surface area contributed by atoms with E-state index >= 15 is 0 Å². The van der Waals surface area contributed by atoms with Crippen LogP contribution in [0.25, 0.3) is 11.5 Å². The molecule has 1 aromatic heterocycles. The molecule has 0 spiro atoms. The maximum Gasteiger partial charge on any atom is 0.338 e. The van der Waals surface area contributed by atoms with E-state index in [-0.39, 0.29) is 11.8 Å². The first-order chi connectivity index (χ1) is 15.0. The zero-order chi connectivity index (χ0) is 21.8. The summed E-state index contributed by atoms with van der Waals surface area (Å²) in [6.45, 7) is 3.01. The van der Waals surface area contributed by atoms with Gasteiger partial charge in [-0.25, -0.2) is 4.79 Å². The molecule has 0 bridgehead atoms. The highest BCUT2D eigenvalue weighted by Gasteiger charge is 2.22. The molecule has 0 saturated carbocycles. The molecule has 1 aliphatic rings. The van der Waals surface area contributed by atoms with Crippen LogP contribution in [0.3, 0.4) is 0 Å². The minimum Gasteiger partial charge on any atom is -0.497 e. The molecule has 2 heterocycles. The molecule has 0 N–H and O–H groups in total. The largest absolute Gasteiger partial charge is 0.497 e. The number of benzene rings is 2. The Balaban J connectivity index is 1.37. The van der Waals surface area contributed by atoms with E-state index in [0.717, 1.165) is 29.8 Å². The third-order valence-electron chi connectivity index (χ3n) is 5.14. The van der Waals surface area contributed by atoms with Crippen LogP contribution in [-0.4, -0.2) is 40.6 Å². The van der Waals surface area contributed by atoms with Crippen LogP contribution in [0.4, 0.5) is 0 Å². The van der Waals surface area contributed by atoms with Gasteiger partial charge in [-0.15, -0.1) is 10.2 Å². The molecule has 31 heavy (non-hydrogen) atoms. The summed E-state index contributed by atoms with van der Waals surface area (Å²) in [5, 5.41) is 8.03. The molecule has 0 aliphatic carbocycles. The van der Waals surface area contributed by atoms with Crippen LogP contribution in [0.1, 0.15) is 47.7 Å². The Kier molecular flexibility index (Phi) is 5.97. The number of esters is 1. The van der Waals surface area contributed by atoms with E-state index in [4.69, 9.17) is 13.9 Å².